The fourth-order valence-electron chi connectivity index (χ4n) is 2.45. The van der Waals surface area contributed by atoms with Crippen LogP contribution in [-0.2, 0) is 17.4 Å². The fourth-order valence-corrected chi connectivity index (χ4v) is 4.11. The zero-order valence-corrected chi connectivity index (χ0v) is 15.9. The van der Waals surface area contributed by atoms with Crippen molar-refractivity contribution < 1.29 is 18.0 Å². The molecule has 0 bridgehead atoms. The molecule has 0 saturated heterocycles. The molecule has 11 heteroatoms. The van der Waals surface area contributed by atoms with Gasteiger partial charge >= 0.3 is 6.18 Å². The fraction of sp³-hybridized carbons (Fsp3) is 0.294. The molecule has 1 amide bonds. The number of halogens is 3. The molecule has 1 aliphatic rings. The third-order valence-electron chi connectivity index (χ3n) is 3.95. The van der Waals surface area contributed by atoms with Crippen molar-refractivity contribution in [2.45, 2.75) is 31.4 Å². The molecule has 2 heterocycles. The highest BCUT2D eigenvalue weighted by molar-refractivity contribution is 7.15. The van der Waals surface area contributed by atoms with Gasteiger partial charge in [-0.1, -0.05) is 17.4 Å². The van der Waals surface area contributed by atoms with Crippen molar-refractivity contribution in [2.24, 2.45) is 0 Å². The summed E-state index contributed by atoms with van der Waals surface area (Å²) in [5.74, 6) is 0.209. The van der Waals surface area contributed by atoms with Gasteiger partial charge in [0.1, 0.15) is 5.01 Å². The molecule has 1 saturated carbocycles. The van der Waals surface area contributed by atoms with Gasteiger partial charge in [0, 0.05) is 17.0 Å². The SMILES string of the molecule is O=C(Cc1csc(Nc2cccc(C(F)(F)F)c2)n1)Nc1nnc(C2CC2)s1. The Labute approximate surface area is 165 Å². The second-order valence-corrected chi connectivity index (χ2v) is 8.16. The molecule has 0 spiro atoms. The van der Waals surface area contributed by atoms with Crippen molar-refractivity contribution in [3.8, 4) is 0 Å². The second kappa shape index (κ2) is 7.47. The first-order chi connectivity index (χ1) is 13.4. The van der Waals surface area contributed by atoms with Gasteiger partial charge in [0.25, 0.3) is 0 Å². The van der Waals surface area contributed by atoms with E-state index in [1.54, 1.807) is 5.38 Å². The van der Waals surface area contributed by atoms with Crippen molar-refractivity contribution in [3.63, 3.8) is 0 Å². The molecule has 2 N–H and O–H groups in total. The summed E-state index contributed by atoms with van der Waals surface area (Å²) in [6, 6.07) is 4.87. The quantitative estimate of drug-likeness (QED) is 0.592. The predicted molar refractivity (Wildman–Crippen MR) is 101 cm³/mol. The van der Waals surface area contributed by atoms with Gasteiger partial charge in [-0.2, -0.15) is 13.2 Å². The third kappa shape index (κ3) is 4.65. The zero-order chi connectivity index (χ0) is 19.7. The van der Waals surface area contributed by atoms with Crippen molar-refractivity contribution in [1.82, 2.24) is 15.2 Å². The maximum absolute atomic E-state index is 12.8. The van der Waals surface area contributed by atoms with Crippen LogP contribution in [-0.4, -0.2) is 21.1 Å². The summed E-state index contributed by atoms with van der Waals surface area (Å²) in [5, 5.41) is 17.1. The number of alkyl halides is 3. The normalized spacial score (nSPS) is 14.1. The lowest BCUT2D eigenvalue weighted by atomic mass is 10.2. The highest BCUT2D eigenvalue weighted by Crippen LogP contribution is 2.42. The summed E-state index contributed by atoms with van der Waals surface area (Å²) in [6.07, 6.45) is -2.14. The molecule has 1 fully saturated rings. The number of thiazole rings is 1. The Kier molecular flexibility index (Phi) is 5.02. The van der Waals surface area contributed by atoms with Crippen molar-refractivity contribution >= 4 is 44.5 Å². The van der Waals surface area contributed by atoms with Crippen LogP contribution in [0.15, 0.2) is 29.6 Å². The number of anilines is 3. The maximum atomic E-state index is 12.8. The molecule has 0 atom stereocenters. The van der Waals surface area contributed by atoms with Crippen LogP contribution in [0.3, 0.4) is 0 Å². The van der Waals surface area contributed by atoms with Crippen LogP contribution in [0.5, 0.6) is 0 Å². The minimum atomic E-state index is -4.41. The molecule has 2 aromatic heterocycles. The van der Waals surface area contributed by atoms with Gasteiger partial charge in [-0.05, 0) is 31.0 Å². The number of benzene rings is 1. The van der Waals surface area contributed by atoms with Crippen LogP contribution in [0.25, 0.3) is 0 Å². The Balaban J connectivity index is 1.35. The van der Waals surface area contributed by atoms with Gasteiger partial charge in [0.2, 0.25) is 11.0 Å². The van der Waals surface area contributed by atoms with Crippen LogP contribution in [0.2, 0.25) is 0 Å². The molecule has 1 aliphatic carbocycles. The molecule has 0 unspecified atom stereocenters. The van der Waals surface area contributed by atoms with Gasteiger partial charge in [-0.3, -0.25) is 4.79 Å². The lowest BCUT2D eigenvalue weighted by Crippen LogP contribution is -2.14. The summed E-state index contributed by atoms with van der Waals surface area (Å²) in [6.45, 7) is 0. The standard InChI is InChI=1S/C17H14F3N5OS2/c18-17(19,20)10-2-1-3-11(6-10)21-15-22-12(8-27-15)7-13(26)23-16-25-24-14(28-16)9-4-5-9/h1-3,6,8-9H,4-5,7H2,(H,21,22)(H,23,25,26). The van der Waals surface area contributed by atoms with Crippen molar-refractivity contribution in [1.29, 1.82) is 0 Å². The van der Waals surface area contributed by atoms with E-state index in [9.17, 15) is 18.0 Å². The van der Waals surface area contributed by atoms with E-state index < -0.39 is 11.7 Å². The van der Waals surface area contributed by atoms with E-state index in [4.69, 9.17) is 0 Å². The van der Waals surface area contributed by atoms with E-state index in [1.807, 2.05) is 0 Å². The van der Waals surface area contributed by atoms with Crippen LogP contribution in [0, 0.1) is 0 Å². The first-order valence-corrected chi connectivity index (χ1v) is 10.1. The maximum Gasteiger partial charge on any atom is 0.416 e. The van der Waals surface area contributed by atoms with E-state index in [1.165, 1.54) is 34.8 Å². The molecule has 3 aromatic rings. The molecule has 0 aliphatic heterocycles. The van der Waals surface area contributed by atoms with Crippen LogP contribution < -0.4 is 10.6 Å². The minimum Gasteiger partial charge on any atom is -0.332 e. The van der Waals surface area contributed by atoms with E-state index in [0.717, 1.165) is 30.0 Å². The number of rotatable bonds is 6. The molecule has 146 valence electrons. The number of aromatic nitrogens is 3. The van der Waals surface area contributed by atoms with Gasteiger partial charge in [0.05, 0.1) is 17.7 Å². The summed E-state index contributed by atoms with van der Waals surface area (Å²) < 4.78 is 38.4. The van der Waals surface area contributed by atoms with Gasteiger partial charge in [-0.25, -0.2) is 4.98 Å². The first kappa shape index (κ1) is 18.8. The monoisotopic (exact) mass is 425 g/mol. The second-order valence-electron chi connectivity index (χ2n) is 6.29. The molecule has 28 heavy (non-hydrogen) atoms. The van der Waals surface area contributed by atoms with Gasteiger partial charge in [0.15, 0.2) is 5.13 Å². The molecular weight excluding hydrogens is 411 g/mol. The summed E-state index contributed by atoms with van der Waals surface area (Å²) in [4.78, 5) is 16.4. The Bertz CT molecular complexity index is 997. The van der Waals surface area contributed by atoms with E-state index in [-0.39, 0.29) is 18.0 Å². The number of amides is 1. The number of hydrogen-bond donors (Lipinski definition) is 2. The Morgan fingerprint density at radius 1 is 1.21 bits per heavy atom. The Morgan fingerprint density at radius 3 is 2.79 bits per heavy atom. The van der Waals surface area contributed by atoms with Crippen LogP contribution in [0.1, 0.15) is 35.0 Å². The Morgan fingerprint density at radius 2 is 2.04 bits per heavy atom. The predicted octanol–water partition coefficient (Wildman–Crippen LogP) is 4.82. The summed E-state index contributed by atoms with van der Waals surface area (Å²) in [5.41, 5.74) is 0.0573. The lowest BCUT2D eigenvalue weighted by Gasteiger charge is -2.08. The first-order valence-electron chi connectivity index (χ1n) is 8.39. The number of nitrogens with zero attached hydrogens (tertiary/aromatic N) is 3. The highest BCUT2D eigenvalue weighted by Gasteiger charge is 2.30. The smallest absolute Gasteiger partial charge is 0.332 e. The highest BCUT2D eigenvalue weighted by atomic mass is 32.1. The lowest BCUT2D eigenvalue weighted by molar-refractivity contribution is -0.137. The number of nitrogens with one attached hydrogen (secondary N) is 2. The third-order valence-corrected chi connectivity index (χ3v) is 5.76. The molecule has 0 radical (unpaired) electrons. The summed E-state index contributed by atoms with van der Waals surface area (Å²) in [7, 11) is 0. The molecule has 6 nitrogen and oxygen atoms in total. The number of carbonyl (C=O) groups is 1. The molecule has 1 aromatic carbocycles. The van der Waals surface area contributed by atoms with E-state index in [0.29, 0.717) is 21.9 Å². The van der Waals surface area contributed by atoms with Crippen LogP contribution in [0.4, 0.5) is 29.1 Å². The summed E-state index contributed by atoms with van der Waals surface area (Å²) >= 11 is 2.59. The number of carbonyl (C=O) groups excluding carboxylic acids is 1. The molecule has 4 rings (SSSR count). The van der Waals surface area contributed by atoms with E-state index in [2.05, 4.69) is 25.8 Å². The number of hydrogen-bond acceptors (Lipinski definition) is 7. The van der Waals surface area contributed by atoms with Gasteiger partial charge in [-0.15, -0.1) is 21.5 Å². The largest absolute Gasteiger partial charge is 0.416 e. The minimum absolute atomic E-state index is 0.0408. The topological polar surface area (TPSA) is 79.8 Å². The van der Waals surface area contributed by atoms with Crippen molar-refractivity contribution in [3.05, 3.63) is 45.9 Å². The van der Waals surface area contributed by atoms with Gasteiger partial charge < -0.3 is 10.6 Å². The Hall–Kier alpha value is -2.53. The van der Waals surface area contributed by atoms with Crippen LogP contribution >= 0.6 is 22.7 Å². The van der Waals surface area contributed by atoms with Crippen molar-refractivity contribution in [2.75, 3.05) is 10.6 Å². The zero-order valence-electron chi connectivity index (χ0n) is 14.3. The van der Waals surface area contributed by atoms with E-state index >= 15 is 0 Å². The average molecular weight is 425 g/mol. The molecular formula is C17H14F3N5OS2. The average Bonchev–Trinajstić information content (AvgIpc) is 3.24.